The molecule has 2 N–H and O–H groups in total. The van der Waals surface area contributed by atoms with E-state index in [0.29, 0.717) is 17.3 Å². The summed E-state index contributed by atoms with van der Waals surface area (Å²) in [5.74, 6) is 2.92. The van der Waals surface area contributed by atoms with Crippen molar-refractivity contribution in [1.29, 1.82) is 0 Å². The van der Waals surface area contributed by atoms with Gasteiger partial charge in [0.05, 0.1) is 0 Å². The van der Waals surface area contributed by atoms with Crippen LogP contribution in [-0.2, 0) is 4.74 Å². The maximum Gasteiger partial charge on any atom is 0.310 e. The zero-order valence-electron chi connectivity index (χ0n) is 14.4. The summed E-state index contributed by atoms with van der Waals surface area (Å²) in [6, 6.07) is 0. The average molecular weight is 318 g/mol. The minimum atomic E-state index is -1.69. The number of ether oxygens (including phenoxy) is 1. The van der Waals surface area contributed by atoms with Crippen molar-refractivity contribution in [2.75, 3.05) is 0 Å². The van der Waals surface area contributed by atoms with Gasteiger partial charge in [-0.3, -0.25) is 0 Å². The van der Waals surface area contributed by atoms with Gasteiger partial charge in [0, 0.05) is 5.41 Å². The summed E-state index contributed by atoms with van der Waals surface area (Å²) < 4.78 is 5.35. The number of hydrogen-bond donors (Lipinski definition) is 2. The Labute approximate surface area is 139 Å². The first-order chi connectivity index (χ1) is 10.9. The number of fused-ring (bicyclic) bond motifs is 5. The van der Waals surface area contributed by atoms with E-state index in [1.807, 2.05) is 0 Å². The van der Waals surface area contributed by atoms with Gasteiger partial charge < -0.3 is 14.9 Å². The van der Waals surface area contributed by atoms with Gasteiger partial charge >= 0.3 is 6.48 Å². The second-order valence-electron chi connectivity index (χ2n) is 8.67. The SMILES string of the molecule is C[C@]12CCCCC1=CC[C@@H]1[C@@H]2CC[C@]2(C)C(OC(O)O)=CC[C@@H]12. The van der Waals surface area contributed by atoms with Gasteiger partial charge in [0.2, 0.25) is 0 Å². The van der Waals surface area contributed by atoms with Gasteiger partial charge in [0.1, 0.15) is 5.76 Å². The third-order valence-corrected chi connectivity index (χ3v) is 7.76. The first-order valence-electron chi connectivity index (χ1n) is 9.38. The summed E-state index contributed by atoms with van der Waals surface area (Å²) in [5.41, 5.74) is 2.14. The highest BCUT2D eigenvalue weighted by Crippen LogP contribution is 2.65. The lowest BCUT2D eigenvalue weighted by Crippen LogP contribution is -2.49. The maximum atomic E-state index is 9.23. The standard InChI is InChI=1S/C20H30O3/c1-19-11-4-3-5-13(19)6-7-14-15-8-9-17(23-18(21)22)20(15,2)12-10-16(14)19/h6,9,14-16,18,21-22H,3-5,7-8,10-12H2,1-2H3/t14-,15-,16-,19-,20-/m0/s1. The fourth-order valence-corrected chi connectivity index (χ4v) is 6.52. The van der Waals surface area contributed by atoms with Gasteiger partial charge in [-0.15, -0.1) is 0 Å². The van der Waals surface area contributed by atoms with Crippen molar-refractivity contribution in [2.45, 2.75) is 71.7 Å². The predicted molar refractivity (Wildman–Crippen MR) is 89.1 cm³/mol. The molecule has 0 amide bonds. The molecule has 0 aromatic heterocycles. The van der Waals surface area contributed by atoms with Crippen LogP contribution in [0.2, 0.25) is 0 Å². The molecule has 0 saturated heterocycles. The van der Waals surface area contributed by atoms with Crippen molar-refractivity contribution in [2.24, 2.45) is 28.6 Å². The summed E-state index contributed by atoms with van der Waals surface area (Å²) in [6.45, 7) is 3.11. The monoisotopic (exact) mass is 318 g/mol. The zero-order valence-corrected chi connectivity index (χ0v) is 14.4. The first-order valence-corrected chi connectivity index (χ1v) is 9.38. The van der Waals surface area contributed by atoms with E-state index in [2.05, 4.69) is 26.0 Å². The molecule has 2 fully saturated rings. The topological polar surface area (TPSA) is 49.7 Å². The van der Waals surface area contributed by atoms with Gasteiger partial charge in [-0.1, -0.05) is 31.9 Å². The quantitative estimate of drug-likeness (QED) is 0.595. The number of allylic oxidation sites excluding steroid dienone is 4. The lowest BCUT2D eigenvalue weighted by Gasteiger charge is -2.57. The molecule has 4 aliphatic rings. The molecule has 128 valence electrons. The molecule has 2 saturated carbocycles. The predicted octanol–water partition coefficient (Wildman–Crippen LogP) is 4.12. The van der Waals surface area contributed by atoms with Gasteiger partial charge in [0.15, 0.2) is 0 Å². The molecule has 4 rings (SSSR count). The molecule has 0 heterocycles. The normalized spacial score (nSPS) is 45.7. The molecule has 3 nitrogen and oxygen atoms in total. The second kappa shape index (κ2) is 5.35. The van der Waals surface area contributed by atoms with Crippen LogP contribution in [0.3, 0.4) is 0 Å². The Kier molecular flexibility index (Phi) is 3.66. The molecule has 3 heteroatoms. The molecule has 5 atom stereocenters. The summed E-state index contributed by atoms with van der Waals surface area (Å²) >= 11 is 0. The molecular weight excluding hydrogens is 288 g/mol. The molecule has 0 radical (unpaired) electrons. The fourth-order valence-electron chi connectivity index (χ4n) is 6.52. The van der Waals surface area contributed by atoms with Crippen molar-refractivity contribution in [3.63, 3.8) is 0 Å². The molecule has 4 aliphatic carbocycles. The average Bonchev–Trinajstić information content (AvgIpc) is 2.83. The largest absolute Gasteiger partial charge is 0.446 e. The van der Waals surface area contributed by atoms with Gasteiger partial charge in [0.25, 0.3) is 0 Å². The number of rotatable bonds is 2. The Balaban J connectivity index is 1.62. The van der Waals surface area contributed by atoms with E-state index in [4.69, 9.17) is 4.74 Å². The van der Waals surface area contributed by atoms with Gasteiger partial charge in [-0.25, -0.2) is 0 Å². The van der Waals surface area contributed by atoms with Crippen LogP contribution in [0.5, 0.6) is 0 Å². The van der Waals surface area contributed by atoms with E-state index in [0.717, 1.165) is 24.5 Å². The minimum absolute atomic E-state index is 0.0127. The Morgan fingerprint density at radius 1 is 1.04 bits per heavy atom. The van der Waals surface area contributed by atoms with Crippen molar-refractivity contribution in [3.8, 4) is 0 Å². The van der Waals surface area contributed by atoms with E-state index >= 15 is 0 Å². The Hall–Kier alpha value is -0.800. The second-order valence-corrected chi connectivity index (χ2v) is 8.67. The number of aliphatic hydroxyl groups excluding tert-OH is 1. The fraction of sp³-hybridized carbons (Fsp3) is 0.800. The zero-order chi connectivity index (χ0) is 16.2. The Morgan fingerprint density at radius 3 is 2.65 bits per heavy atom. The summed E-state index contributed by atoms with van der Waals surface area (Å²) in [6.07, 6.45) is 14.7. The first kappa shape index (κ1) is 15.7. The van der Waals surface area contributed by atoms with E-state index in [1.165, 1.54) is 38.5 Å². The van der Waals surface area contributed by atoms with Crippen LogP contribution in [-0.4, -0.2) is 16.7 Å². The molecular formula is C20H30O3. The van der Waals surface area contributed by atoms with Gasteiger partial charge in [-0.05, 0) is 74.2 Å². The van der Waals surface area contributed by atoms with Crippen molar-refractivity contribution in [3.05, 3.63) is 23.5 Å². The van der Waals surface area contributed by atoms with E-state index in [1.54, 1.807) is 5.57 Å². The molecule has 0 aromatic carbocycles. The summed E-state index contributed by atoms with van der Waals surface area (Å²) in [4.78, 5) is 0. The number of aliphatic hydroxyl groups is 2. The summed E-state index contributed by atoms with van der Waals surface area (Å²) in [5, 5.41) is 18.5. The molecule has 0 bridgehead atoms. The van der Waals surface area contributed by atoms with Crippen LogP contribution < -0.4 is 0 Å². The Bertz CT molecular complexity index is 549. The summed E-state index contributed by atoms with van der Waals surface area (Å²) in [7, 11) is 0. The lowest BCUT2D eigenvalue weighted by atomic mass is 9.48. The van der Waals surface area contributed by atoms with Crippen LogP contribution in [0.15, 0.2) is 23.5 Å². The highest BCUT2D eigenvalue weighted by atomic mass is 16.7. The number of hydrogen-bond acceptors (Lipinski definition) is 3. The van der Waals surface area contributed by atoms with Crippen LogP contribution in [0.1, 0.15) is 65.2 Å². The Morgan fingerprint density at radius 2 is 1.87 bits per heavy atom. The molecule has 0 aromatic rings. The van der Waals surface area contributed by atoms with Crippen LogP contribution in [0.4, 0.5) is 0 Å². The van der Waals surface area contributed by atoms with Crippen LogP contribution in [0, 0.1) is 28.6 Å². The highest BCUT2D eigenvalue weighted by Gasteiger charge is 2.57. The maximum absolute atomic E-state index is 9.23. The minimum Gasteiger partial charge on any atom is -0.446 e. The third kappa shape index (κ3) is 2.23. The molecule has 23 heavy (non-hydrogen) atoms. The third-order valence-electron chi connectivity index (χ3n) is 7.76. The van der Waals surface area contributed by atoms with Gasteiger partial charge in [-0.2, -0.15) is 0 Å². The lowest BCUT2D eigenvalue weighted by molar-refractivity contribution is -0.224. The van der Waals surface area contributed by atoms with Crippen LogP contribution in [0.25, 0.3) is 0 Å². The van der Waals surface area contributed by atoms with Crippen molar-refractivity contribution in [1.82, 2.24) is 0 Å². The van der Waals surface area contributed by atoms with E-state index < -0.39 is 6.48 Å². The van der Waals surface area contributed by atoms with Crippen molar-refractivity contribution >= 4 is 0 Å². The molecule has 0 aliphatic heterocycles. The van der Waals surface area contributed by atoms with Crippen LogP contribution >= 0.6 is 0 Å². The smallest absolute Gasteiger partial charge is 0.310 e. The van der Waals surface area contributed by atoms with E-state index in [-0.39, 0.29) is 5.41 Å². The molecule has 0 spiro atoms. The van der Waals surface area contributed by atoms with E-state index in [9.17, 15) is 10.2 Å². The molecule has 0 unspecified atom stereocenters. The highest BCUT2D eigenvalue weighted by molar-refractivity contribution is 5.27. The van der Waals surface area contributed by atoms with Crippen molar-refractivity contribution < 1.29 is 14.9 Å².